The summed E-state index contributed by atoms with van der Waals surface area (Å²) < 4.78 is 60.5. The van der Waals surface area contributed by atoms with Crippen molar-refractivity contribution in [1.29, 1.82) is 0 Å². The Morgan fingerprint density at radius 3 is 2.14 bits per heavy atom. The van der Waals surface area contributed by atoms with Crippen molar-refractivity contribution in [2.24, 2.45) is 16.7 Å². The third-order valence-corrected chi connectivity index (χ3v) is 8.89. The number of carbonyl (C=O) groups excluding carboxylic acids is 1. The summed E-state index contributed by atoms with van der Waals surface area (Å²) in [5.74, 6) is 0.820. The van der Waals surface area contributed by atoms with Crippen LogP contribution in [0.25, 0.3) is 0 Å². The van der Waals surface area contributed by atoms with E-state index in [0.717, 1.165) is 37.6 Å². The summed E-state index contributed by atoms with van der Waals surface area (Å²) in [7, 11) is -2.88. The van der Waals surface area contributed by atoms with Gasteiger partial charge in [0.25, 0.3) is 0 Å². The number of pyridine rings is 1. The van der Waals surface area contributed by atoms with Crippen molar-refractivity contribution in [3.63, 3.8) is 0 Å². The van der Waals surface area contributed by atoms with Gasteiger partial charge in [-0.3, -0.25) is 4.98 Å². The van der Waals surface area contributed by atoms with Gasteiger partial charge in [0.05, 0.1) is 11.5 Å². The van der Waals surface area contributed by atoms with Crippen molar-refractivity contribution in [2.45, 2.75) is 25.4 Å². The lowest BCUT2D eigenvalue weighted by atomic mass is 9.56. The highest BCUT2D eigenvalue weighted by Crippen LogP contribution is 2.53. The van der Waals surface area contributed by atoms with E-state index >= 15 is 0 Å². The molecule has 0 unspecified atom stereocenters. The number of urea groups is 1. The minimum absolute atomic E-state index is 0.000868. The number of hydrogen-bond donors (Lipinski definition) is 0. The maximum absolute atomic E-state index is 12.6. The molecule has 2 spiro atoms. The van der Waals surface area contributed by atoms with Crippen molar-refractivity contribution >= 4 is 15.9 Å². The minimum atomic E-state index is -4.41. The van der Waals surface area contributed by atoms with E-state index in [1.54, 1.807) is 4.90 Å². The molecule has 6 nitrogen and oxygen atoms in total. The quantitative estimate of drug-likeness (QED) is 0.723. The zero-order chi connectivity index (χ0) is 20.7. The number of likely N-dealkylation sites (tertiary alicyclic amines) is 2. The molecule has 5 rings (SSSR count). The van der Waals surface area contributed by atoms with Crippen LogP contribution in [0, 0.1) is 16.7 Å². The number of rotatable bonds is 2. The van der Waals surface area contributed by atoms with Crippen LogP contribution in [0.4, 0.5) is 18.0 Å². The Morgan fingerprint density at radius 1 is 1.07 bits per heavy atom. The molecule has 2 amide bonds. The van der Waals surface area contributed by atoms with Crippen molar-refractivity contribution in [2.75, 3.05) is 37.7 Å². The number of carbonyl (C=O) groups is 1. The van der Waals surface area contributed by atoms with Crippen LogP contribution in [0.5, 0.6) is 0 Å². The standard InChI is InChI=1S/C19H22F3N3O3S/c20-19(21,22)15-2-1-13(6-23-15)3-14-4-17(5-14)7-24(8-17)16(26)25-9-18(10-25)11-29(27,28)12-18/h1-2,6,14H,3-5,7-12H2. The highest BCUT2D eigenvalue weighted by molar-refractivity contribution is 7.92. The van der Waals surface area contributed by atoms with Gasteiger partial charge in [-0.25, -0.2) is 13.2 Å². The zero-order valence-corrected chi connectivity index (χ0v) is 16.6. The largest absolute Gasteiger partial charge is 0.433 e. The Balaban J connectivity index is 1.06. The fourth-order valence-corrected chi connectivity index (χ4v) is 7.83. The summed E-state index contributed by atoms with van der Waals surface area (Å²) in [6.07, 6.45) is -0.446. The highest BCUT2D eigenvalue weighted by Gasteiger charge is 2.60. The van der Waals surface area contributed by atoms with Crippen LogP contribution < -0.4 is 0 Å². The first-order valence-corrected chi connectivity index (χ1v) is 11.6. The average molecular weight is 429 g/mol. The molecule has 158 valence electrons. The Kier molecular flexibility index (Phi) is 3.87. The lowest BCUT2D eigenvalue weighted by molar-refractivity contribution is -0.141. The molecule has 1 aliphatic carbocycles. The fraction of sp³-hybridized carbons (Fsp3) is 0.684. The summed E-state index contributed by atoms with van der Waals surface area (Å²) >= 11 is 0. The predicted molar refractivity (Wildman–Crippen MR) is 97.7 cm³/mol. The van der Waals surface area contributed by atoms with E-state index in [0.29, 0.717) is 25.4 Å². The number of hydrogen-bond acceptors (Lipinski definition) is 4. The van der Waals surface area contributed by atoms with E-state index in [1.807, 2.05) is 4.90 Å². The van der Waals surface area contributed by atoms with E-state index in [4.69, 9.17) is 0 Å². The van der Waals surface area contributed by atoms with Crippen molar-refractivity contribution in [3.8, 4) is 0 Å². The van der Waals surface area contributed by atoms with Gasteiger partial charge in [0.1, 0.15) is 5.69 Å². The number of halogens is 3. The molecule has 1 saturated carbocycles. The molecule has 0 radical (unpaired) electrons. The molecule has 0 aromatic carbocycles. The lowest BCUT2D eigenvalue weighted by Crippen LogP contribution is -2.73. The molecular formula is C19H22F3N3O3S. The van der Waals surface area contributed by atoms with Crippen LogP contribution in [-0.4, -0.2) is 66.9 Å². The second-order valence-corrected chi connectivity index (χ2v) is 11.6. The first-order valence-electron chi connectivity index (χ1n) is 9.73. The van der Waals surface area contributed by atoms with E-state index in [2.05, 4.69) is 4.98 Å². The van der Waals surface area contributed by atoms with Gasteiger partial charge in [0.15, 0.2) is 9.84 Å². The Hall–Kier alpha value is -1.84. The molecule has 3 saturated heterocycles. The third kappa shape index (κ3) is 3.29. The van der Waals surface area contributed by atoms with Crippen molar-refractivity contribution < 1.29 is 26.4 Å². The molecule has 3 aliphatic heterocycles. The molecule has 29 heavy (non-hydrogen) atoms. The number of aromatic nitrogens is 1. The lowest BCUT2D eigenvalue weighted by Gasteiger charge is -2.62. The molecule has 4 heterocycles. The topological polar surface area (TPSA) is 70.6 Å². The second kappa shape index (κ2) is 5.86. The van der Waals surface area contributed by atoms with Crippen molar-refractivity contribution in [1.82, 2.24) is 14.8 Å². The van der Waals surface area contributed by atoms with Gasteiger partial charge in [0.2, 0.25) is 0 Å². The van der Waals surface area contributed by atoms with Gasteiger partial charge >= 0.3 is 12.2 Å². The number of alkyl halides is 3. The molecule has 4 aliphatic rings. The maximum Gasteiger partial charge on any atom is 0.433 e. The molecule has 0 bridgehead atoms. The van der Waals surface area contributed by atoms with E-state index in [-0.39, 0.29) is 28.4 Å². The smallest absolute Gasteiger partial charge is 0.323 e. The van der Waals surface area contributed by atoms with Gasteiger partial charge in [-0.2, -0.15) is 13.2 Å². The Bertz CT molecular complexity index is 927. The van der Waals surface area contributed by atoms with Crippen LogP contribution in [-0.2, 0) is 22.4 Å². The van der Waals surface area contributed by atoms with Gasteiger partial charge in [0, 0.05) is 43.2 Å². The van der Waals surface area contributed by atoms with Crippen LogP contribution in [0.3, 0.4) is 0 Å². The van der Waals surface area contributed by atoms with E-state index in [9.17, 15) is 26.4 Å². The Morgan fingerprint density at radius 2 is 1.66 bits per heavy atom. The highest BCUT2D eigenvalue weighted by atomic mass is 32.2. The molecule has 0 atom stereocenters. The van der Waals surface area contributed by atoms with Crippen LogP contribution in [0.15, 0.2) is 18.3 Å². The van der Waals surface area contributed by atoms with Crippen LogP contribution in [0.1, 0.15) is 24.1 Å². The predicted octanol–water partition coefficient (Wildman–Crippen LogP) is 2.21. The Labute approximate surface area is 167 Å². The van der Waals surface area contributed by atoms with Crippen molar-refractivity contribution in [3.05, 3.63) is 29.6 Å². The van der Waals surface area contributed by atoms with Gasteiger partial charge in [-0.1, -0.05) is 6.07 Å². The SMILES string of the molecule is O=C(N1CC2(CC(Cc3ccc(C(F)(F)F)nc3)C2)C1)N1CC2(C1)CS(=O)(=O)C2. The van der Waals surface area contributed by atoms with E-state index in [1.165, 1.54) is 12.3 Å². The minimum Gasteiger partial charge on any atom is -0.323 e. The fourth-order valence-electron chi connectivity index (χ4n) is 5.68. The summed E-state index contributed by atoms with van der Waals surface area (Å²) in [4.78, 5) is 19.6. The second-order valence-electron chi connectivity index (χ2n) is 9.55. The summed E-state index contributed by atoms with van der Waals surface area (Å²) in [6, 6.07) is 2.53. The van der Waals surface area contributed by atoms with Gasteiger partial charge in [-0.15, -0.1) is 0 Å². The summed E-state index contributed by atoms with van der Waals surface area (Å²) in [5.41, 5.74) is -0.0886. The normalized spacial score (nSPS) is 26.4. The molecule has 1 aromatic heterocycles. The molecule has 4 fully saturated rings. The number of amides is 2. The number of nitrogens with zero attached hydrogens (tertiary/aromatic N) is 3. The third-order valence-electron chi connectivity index (χ3n) is 6.78. The molecule has 1 aromatic rings. The molecular weight excluding hydrogens is 407 g/mol. The summed E-state index contributed by atoms with van der Waals surface area (Å²) in [5, 5.41) is 0. The zero-order valence-electron chi connectivity index (χ0n) is 15.8. The monoisotopic (exact) mass is 429 g/mol. The van der Waals surface area contributed by atoms with Crippen LogP contribution >= 0.6 is 0 Å². The van der Waals surface area contributed by atoms with Crippen LogP contribution in [0.2, 0.25) is 0 Å². The number of sulfone groups is 1. The molecule has 0 N–H and O–H groups in total. The van der Waals surface area contributed by atoms with Gasteiger partial charge < -0.3 is 9.80 Å². The van der Waals surface area contributed by atoms with Gasteiger partial charge in [-0.05, 0) is 36.8 Å². The maximum atomic E-state index is 12.6. The average Bonchev–Trinajstić information content (AvgIpc) is 2.50. The molecule has 10 heteroatoms. The first kappa shape index (κ1) is 19.1. The summed E-state index contributed by atoms with van der Waals surface area (Å²) in [6.45, 7) is 2.51. The first-order chi connectivity index (χ1) is 13.5. The van der Waals surface area contributed by atoms with E-state index < -0.39 is 21.7 Å².